The molecule has 1 saturated carbocycles. The Morgan fingerprint density at radius 2 is 1.90 bits per heavy atom. The van der Waals surface area contributed by atoms with E-state index in [0.29, 0.717) is 6.04 Å². The monoisotopic (exact) mass is 143 g/mol. The molecule has 0 bridgehead atoms. The number of nitrogens with two attached hydrogens (primary N) is 1. The maximum atomic E-state index is 5.83. The molecular weight excluding hydrogens is 126 g/mol. The van der Waals surface area contributed by atoms with E-state index < -0.39 is 0 Å². The Morgan fingerprint density at radius 3 is 2.00 bits per heavy atom. The summed E-state index contributed by atoms with van der Waals surface area (Å²) in [6.07, 6.45) is 0.983. The summed E-state index contributed by atoms with van der Waals surface area (Å²) in [5.74, 6) is 0. The zero-order valence-electron chi connectivity index (χ0n) is 7.27. The highest BCUT2D eigenvalue weighted by Crippen LogP contribution is 2.50. The van der Waals surface area contributed by atoms with E-state index in [-0.39, 0.29) is 11.0 Å². The molecule has 0 aromatic heterocycles. The molecule has 0 spiro atoms. The second-order valence-electron chi connectivity index (χ2n) is 3.97. The van der Waals surface area contributed by atoms with Crippen LogP contribution in [0.25, 0.3) is 0 Å². The third kappa shape index (κ3) is 0.722. The molecule has 2 atom stereocenters. The molecule has 2 nitrogen and oxygen atoms in total. The predicted octanol–water partition coefficient (Wildman–Crippen LogP) is 1.15. The summed E-state index contributed by atoms with van der Waals surface area (Å²) >= 11 is 0. The van der Waals surface area contributed by atoms with E-state index >= 15 is 0 Å². The first-order valence-corrected chi connectivity index (χ1v) is 3.75. The van der Waals surface area contributed by atoms with Crippen molar-refractivity contribution in [2.75, 3.05) is 7.11 Å². The number of hydrogen-bond donors (Lipinski definition) is 1. The average Bonchev–Trinajstić information content (AvgIpc) is 1.88. The Balaban J connectivity index is 2.70. The van der Waals surface area contributed by atoms with E-state index in [1.54, 1.807) is 7.11 Å². The van der Waals surface area contributed by atoms with E-state index in [1.165, 1.54) is 0 Å². The minimum Gasteiger partial charge on any atom is -0.378 e. The van der Waals surface area contributed by atoms with Crippen molar-refractivity contribution in [3.63, 3.8) is 0 Å². The minimum atomic E-state index is 0.00637. The van der Waals surface area contributed by atoms with Gasteiger partial charge < -0.3 is 10.5 Å². The van der Waals surface area contributed by atoms with E-state index in [2.05, 4.69) is 20.8 Å². The molecule has 0 saturated heterocycles. The van der Waals surface area contributed by atoms with Gasteiger partial charge in [-0.2, -0.15) is 0 Å². The molecule has 60 valence electrons. The normalized spacial score (nSPS) is 44.7. The quantitative estimate of drug-likeness (QED) is 0.597. The lowest BCUT2D eigenvalue weighted by molar-refractivity contribution is -0.171. The molecule has 0 aromatic rings. The summed E-state index contributed by atoms with van der Waals surface area (Å²) in [6.45, 7) is 6.44. The fraction of sp³-hybridized carbons (Fsp3) is 1.00. The summed E-state index contributed by atoms with van der Waals surface area (Å²) in [7, 11) is 1.76. The SMILES string of the molecule is CO[C@]1(C)C[C@H](N)C1(C)C. The van der Waals surface area contributed by atoms with Crippen molar-refractivity contribution in [2.45, 2.75) is 38.8 Å². The number of hydrogen-bond acceptors (Lipinski definition) is 2. The zero-order chi connectivity index (χ0) is 7.99. The molecule has 1 rings (SSSR count). The Kier molecular flexibility index (Phi) is 1.57. The van der Waals surface area contributed by atoms with Gasteiger partial charge in [-0.1, -0.05) is 13.8 Å². The zero-order valence-corrected chi connectivity index (χ0v) is 7.27. The Morgan fingerprint density at radius 1 is 1.40 bits per heavy atom. The Bertz CT molecular complexity index is 141. The van der Waals surface area contributed by atoms with Crippen LogP contribution < -0.4 is 5.73 Å². The molecule has 0 amide bonds. The summed E-state index contributed by atoms with van der Waals surface area (Å²) in [5.41, 5.74) is 5.97. The molecule has 1 aliphatic rings. The van der Waals surface area contributed by atoms with Crippen LogP contribution in [0, 0.1) is 5.41 Å². The standard InChI is InChI=1S/C8H17NO/c1-7(2)6(9)5-8(7,3)10-4/h6H,5,9H2,1-4H3/t6-,8+/m0/s1. The van der Waals surface area contributed by atoms with Gasteiger partial charge in [-0.05, 0) is 13.3 Å². The number of methoxy groups -OCH3 is 1. The summed E-state index contributed by atoms with van der Waals surface area (Å²) < 4.78 is 5.38. The van der Waals surface area contributed by atoms with Crippen LogP contribution in [-0.4, -0.2) is 18.8 Å². The Hall–Kier alpha value is -0.0800. The van der Waals surface area contributed by atoms with Crippen LogP contribution in [0.3, 0.4) is 0 Å². The van der Waals surface area contributed by atoms with Crippen LogP contribution >= 0.6 is 0 Å². The molecule has 0 unspecified atom stereocenters. The largest absolute Gasteiger partial charge is 0.378 e. The molecular formula is C8H17NO. The van der Waals surface area contributed by atoms with Crippen molar-refractivity contribution in [1.82, 2.24) is 0 Å². The molecule has 2 heteroatoms. The topological polar surface area (TPSA) is 35.2 Å². The van der Waals surface area contributed by atoms with Crippen molar-refractivity contribution >= 4 is 0 Å². The van der Waals surface area contributed by atoms with E-state index in [0.717, 1.165) is 6.42 Å². The highest BCUT2D eigenvalue weighted by Gasteiger charge is 2.55. The van der Waals surface area contributed by atoms with Crippen molar-refractivity contribution in [2.24, 2.45) is 11.1 Å². The van der Waals surface area contributed by atoms with Gasteiger partial charge in [0, 0.05) is 18.6 Å². The maximum Gasteiger partial charge on any atom is 0.0731 e. The highest BCUT2D eigenvalue weighted by molar-refractivity contribution is 5.09. The van der Waals surface area contributed by atoms with Gasteiger partial charge in [-0.15, -0.1) is 0 Å². The lowest BCUT2D eigenvalue weighted by Gasteiger charge is -2.57. The van der Waals surface area contributed by atoms with Gasteiger partial charge in [0.1, 0.15) is 0 Å². The lowest BCUT2D eigenvalue weighted by Crippen LogP contribution is -2.66. The lowest BCUT2D eigenvalue weighted by atomic mass is 9.56. The third-order valence-electron chi connectivity index (χ3n) is 3.35. The second-order valence-corrected chi connectivity index (χ2v) is 3.97. The third-order valence-corrected chi connectivity index (χ3v) is 3.35. The second kappa shape index (κ2) is 1.95. The molecule has 0 heterocycles. The van der Waals surface area contributed by atoms with E-state index in [1.807, 2.05) is 0 Å². The number of rotatable bonds is 1. The van der Waals surface area contributed by atoms with Gasteiger partial charge in [0.25, 0.3) is 0 Å². The molecule has 0 aromatic carbocycles. The first-order chi connectivity index (χ1) is 4.44. The van der Waals surface area contributed by atoms with Crippen molar-refractivity contribution < 1.29 is 4.74 Å². The van der Waals surface area contributed by atoms with Gasteiger partial charge in [0.05, 0.1) is 5.60 Å². The van der Waals surface area contributed by atoms with Crippen LogP contribution in [0.1, 0.15) is 27.2 Å². The average molecular weight is 143 g/mol. The van der Waals surface area contributed by atoms with E-state index in [9.17, 15) is 0 Å². The number of ether oxygens (including phenoxy) is 1. The fourth-order valence-electron chi connectivity index (χ4n) is 1.55. The van der Waals surface area contributed by atoms with Crippen molar-refractivity contribution in [3.8, 4) is 0 Å². The van der Waals surface area contributed by atoms with Crippen LogP contribution in [0.4, 0.5) is 0 Å². The van der Waals surface area contributed by atoms with Gasteiger partial charge in [-0.3, -0.25) is 0 Å². The van der Waals surface area contributed by atoms with Crippen molar-refractivity contribution in [1.29, 1.82) is 0 Å². The first kappa shape index (κ1) is 8.02. The molecule has 0 aliphatic heterocycles. The maximum absolute atomic E-state index is 5.83. The van der Waals surface area contributed by atoms with Crippen LogP contribution in [-0.2, 0) is 4.74 Å². The molecule has 2 N–H and O–H groups in total. The van der Waals surface area contributed by atoms with Crippen LogP contribution in [0.2, 0.25) is 0 Å². The Labute approximate surface area is 62.7 Å². The fourth-order valence-corrected chi connectivity index (χ4v) is 1.55. The van der Waals surface area contributed by atoms with Crippen LogP contribution in [0.5, 0.6) is 0 Å². The predicted molar refractivity (Wildman–Crippen MR) is 41.8 cm³/mol. The minimum absolute atomic E-state index is 0.00637. The summed E-state index contributed by atoms with van der Waals surface area (Å²) in [6, 6.07) is 0.303. The molecule has 1 aliphatic carbocycles. The summed E-state index contributed by atoms with van der Waals surface area (Å²) in [4.78, 5) is 0. The van der Waals surface area contributed by atoms with E-state index in [4.69, 9.17) is 10.5 Å². The van der Waals surface area contributed by atoms with Crippen LogP contribution in [0.15, 0.2) is 0 Å². The van der Waals surface area contributed by atoms with Gasteiger partial charge in [-0.25, -0.2) is 0 Å². The smallest absolute Gasteiger partial charge is 0.0731 e. The molecule has 1 fully saturated rings. The molecule has 0 radical (unpaired) electrons. The van der Waals surface area contributed by atoms with Gasteiger partial charge in [0.15, 0.2) is 0 Å². The summed E-state index contributed by atoms with van der Waals surface area (Å²) in [5, 5.41) is 0. The first-order valence-electron chi connectivity index (χ1n) is 3.75. The van der Waals surface area contributed by atoms with Crippen molar-refractivity contribution in [3.05, 3.63) is 0 Å². The van der Waals surface area contributed by atoms with Gasteiger partial charge >= 0.3 is 0 Å². The highest BCUT2D eigenvalue weighted by atomic mass is 16.5. The van der Waals surface area contributed by atoms with Gasteiger partial charge in [0.2, 0.25) is 0 Å². The molecule has 10 heavy (non-hydrogen) atoms.